The van der Waals surface area contributed by atoms with Gasteiger partial charge in [-0.05, 0) is 32.0 Å². The second-order valence-electron chi connectivity index (χ2n) is 9.63. The lowest BCUT2D eigenvalue weighted by atomic mass is 9.90. The molecule has 35 heavy (non-hydrogen) atoms. The molecule has 1 fully saturated rings. The fraction of sp³-hybridized carbons (Fsp3) is 0.375. The summed E-state index contributed by atoms with van der Waals surface area (Å²) in [6.45, 7) is 4.10. The first-order valence-electron chi connectivity index (χ1n) is 11.1. The molecule has 3 aromatic rings. The van der Waals surface area contributed by atoms with Crippen LogP contribution in [0.1, 0.15) is 40.7 Å². The molecule has 3 aliphatic rings. The lowest BCUT2D eigenvalue weighted by Gasteiger charge is -2.32. The molecule has 2 atom stereocenters. The maximum absolute atomic E-state index is 14.1. The van der Waals surface area contributed by atoms with Crippen LogP contribution in [0.15, 0.2) is 41.6 Å². The van der Waals surface area contributed by atoms with Gasteiger partial charge in [-0.2, -0.15) is 13.2 Å². The van der Waals surface area contributed by atoms with E-state index in [1.807, 2.05) is 0 Å². The van der Waals surface area contributed by atoms with Crippen molar-refractivity contribution in [2.75, 3.05) is 13.1 Å². The molecule has 0 radical (unpaired) electrons. The molecule has 7 nitrogen and oxygen atoms in total. The van der Waals surface area contributed by atoms with E-state index >= 15 is 0 Å². The van der Waals surface area contributed by atoms with Gasteiger partial charge in [-0.3, -0.25) is 9.59 Å². The van der Waals surface area contributed by atoms with Crippen molar-refractivity contribution in [2.45, 2.75) is 44.0 Å². The summed E-state index contributed by atoms with van der Waals surface area (Å²) in [6.07, 6.45) is -1.20. The average Bonchev–Trinajstić information content (AvgIpc) is 3.02. The summed E-state index contributed by atoms with van der Waals surface area (Å²) in [5.41, 5.74) is -1.81. The van der Waals surface area contributed by atoms with Crippen molar-refractivity contribution < 1.29 is 27.1 Å². The van der Waals surface area contributed by atoms with Crippen molar-refractivity contribution in [3.05, 3.63) is 75.5 Å². The maximum atomic E-state index is 14.1. The quantitative estimate of drug-likeness (QED) is 0.530. The van der Waals surface area contributed by atoms with E-state index < -0.39 is 34.5 Å². The van der Waals surface area contributed by atoms with Gasteiger partial charge < -0.3 is 18.8 Å². The van der Waals surface area contributed by atoms with Crippen molar-refractivity contribution in [1.29, 1.82) is 0 Å². The predicted molar refractivity (Wildman–Crippen MR) is 115 cm³/mol. The number of ether oxygens (including phenoxy) is 1. The van der Waals surface area contributed by atoms with Gasteiger partial charge in [0.15, 0.2) is 0 Å². The molecule has 1 amide bonds. The molecule has 0 unspecified atom stereocenters. The smallest absolute Gasteiger partial charge is 0.419 e. The molecule has 4 heterocycles. The first kappa shape index (κ1) is 21.9. The third-order valence-corrected chi connectivity index (χ3v) is 7.46. The molecule has 11 heteroatoms. The largest absolute Gasteiger partial charge is 0.486 e. The molecule has 0 bridgehead atoms. The van der Waals surface area contributed by atoms with Crippen molar-refractivity contribution >= 4 is 5.91 Å². The van der Waals surface area contributed by atoms with Crippen LogP contribution >= 0.6 is 0 Å². The third-order valence-electron chi connectivity index (χ3n) is 7.46. The van der Waals surface area contributed by atoms with E-state index in [0.29, 0.717) is 12.1 Å². The minimum atomic E-state index is -4.85. The summed E-state index contributed by atoms with van der Waals surface area (Å²) in [5.74, 6) is -1.70. The fourth-order valence-electron chi connectivity index (χ4n) is 5.51. The highest BCUT2D eigenvalue weighted by Crippen LogP contribution is 2.67. The Morgan fingerprint density at radius 1 is 1.17 bits per heavy atom. The predicted octanol–water partition coefficient (Wildman–Crippen LogP) is 3.45. The number of aryl methyl sites for hydroxylation is 1. The molecule has 2 aromatic heterocycles. The van der Waals surface area contributed by atoms with E-state index in [2.05, 4.69) is 4.98 Å². The van der Waals surface area contributed by atoms with Crippen LogP contribution in [0.5, 0.6) is 5.75 Å². The fourth-order valence-corrected chi connectivity index (χ4v) is 5.51. The van der Waals surface area contributed by atoms with E-state index in [1.54, 1.807) is 36.7 Å². The number of carbonyl (C=O) groups excluding carboxylic acids is 1. The molecular formula is C24H20F4N4O3. The van der Waals surface area contributed by atoms with Crippen LogP contribution in [-0.4, -0.2) is 43.6 Å². The molecule has 0 saturated heterocycles. The molecule has 0 N–H and O–H groups in total. The van der Waals surface area contributed by atoms with Gasteiger partial charge in [-0.1, -0.05) is 0 Å². The topological polar surface area (TPSA) is 69.4 Å². The van der Waals surface area contributed by atoms with Crippen molar-refractivity contribution in [3.8, 4) is 11.4 Å². The summed E-state index contributed by atoms with van der Waals surface area (Å²) in [5, 5.41) is 0. The zero-order chi connectivity index (χ0) is 24.9. The van der Waals surface area contributed by atoms with Crippen LogP contribution in [0.25, 0.3) is 5.69 Å². The number of hydrogen-bond acceptors (Lipinski definition) is 4. The van der Waals surface area contributed by atoms with Gasteiger partial charge in [-0.15, -0.1) is 0 Å². The van der Waals surface area contributed by atoms with Crippen LogP contribution < -0.4 is 10.3 Å². The van der Waals surface area contributed by atoms with E-state index in [-0.39, 0.29) is 42.2 Å². The summed E-state index contributed by atoms with van der Waals surface area (Å²) in [6, 6.07) is 4.72. The number of carbonyl (C=O) groups is 1. The number of alkyl halides is 3. The van der Waals surface area contributed by atoms with Crippen LogP contribution in [0, 0.1) is 12.7 Å². The minimum absolute atomic E-state index is 0.0746. The number of pyridine rings is 1. The Morgan fingerprint density at radius 2 is 1.94 bits per heavy atom. The first-order chi connectivity index (χ1) is 16.4. The van der Waals surface area contributed by atoms with E-state index in [9.17, 15) is 27.2 Å². The Labute approximate surface area is 196 Å². The van der Waals surface area contributed by atoms with Crippen LogP contribution in [0.2, 0.25) is 0 Å². The van der Waals surface area contributed by atoms with Crippen LogP contribution in [-0.2, 0) is 18.1 Å². The molecule has 1 saturated carbocycles. The molecule has 2 aliphatic heterocycles. The Hall–Kier alpha value is -3.63. The second-order valence-corrected chi connectivity index (χ2v) is 9.63. The monoisotopic (exact) mass is 488 g/mol. The number of amides is 1. The van der Waals surface area contributed by atoms with Gasteiger partial charge in [0.2, 0.25) is 0 Å². The van der Waals surface area contributed by atoms with Gasteiger partial charge in [0.05, 0.1) is 23.0 Å². The van der Waals surface area contributed by atoms with Gasteiger partial charge in [0.25, 0.3) is 11.5 Å². The summed E-state index contributed by atoms with van der Waals surface area (Å²) < 4.78 is 63.1. The third kappa shape index (κ3) is 2.99. The van der Waals surface area contributed by atoms with E-state index in [4.69, 9.17) is 4.74 Å². The lowest BCUT2D eigenvalue weighted by Crippen LogP contribution is -2.48. The van der Waals surface area contributed by atoms with E-state index in [1.165, 1.54) is 15.8 Å². The number of aromatic nitrogens is 3. The van der Waals surface area contributed by atoms with Crippen LogP contribution in [0.4, 0.5) is 17.6 Å². The molecule has 6 rings (SSSR count). The van der Waals surface area contributed by atoms with E-state index in [0.717, 1.165) is 17.8 Å². The van der Waals surface area contributed by atoms with Crippen molar-refractivity contribution in [3.63, 3.8) is 0 Å². The summed E-state index contributed by atoms with van der Waals surface area (Å²) >= 11 is 0. The lowest BCUT2D eigenvalue weighted by molar-refractivity contribution is -0.140. The molecule has 1 aliphatic carbocycles. The molecular weight excluding hydrogens is 468 g/mol. The SMILES string of the molecule is Cc1cn(-c2ccc3n(c2=O)CCN(C[C@@]24C[C@]2(C)Oc2cc(F)c(C(F)(F)F)cc24)C3=O)cn1. The van der Waals surface area contributed by atoms with Gasteiger partial charge in [0.1, 0.15) is 28.5 Å². The standard InChI is InChI=1S/C24H20F4N4O3/c1-13-9-31(12-29-13)17-3-4-18-20(33)30(5-6-32(18)21(17)34)11-23-10-22(23,2)35-19-8-16(25)14(7-15(19)23)24(26,27)28/h3-4,7-9,12H,5-6,10-11H2,1-2H3/t22-,23+/m0/s1. The molecule has 182 valence electrons. The highest BCUT2D eigenvalue weighted by molar-refractivity contribution is 5.93. The Kier molecular flexibility index (Phi) is 4.21. The number of nitrogens with zero attached hydrogens (tertiary/aromatic N) is 4. The number of imidazole rings is 1. The maximum Gasteiger partial charge on any atom is 0.419 e. The zero-order valence-corrected chi connectivity index (χ0v) is 18.8. The van der Waals surface area contributed by atoms with Gasteiger partial charge in [0, 0.05) is 43.9 Å². The number of rotatable bonds is 3. The average molecular weight is 488 g/mol. The van der Waals surface area contributed by atoms with Gasteiger partial charge in [-0.25, -0.2) is 9.37 Å². The summed E-state index contributed by atoms with van der Waals surface area (Å²) in [7, 11) is 0. The minimum Gasteiger partial charge on any atom is -0.486 e. The first-order valence-corrected chi connectivity index (χ1v) is 11.1. The zero-order valence-electron chi connectivity index (χ0n) is 18.8. The second kappa shape index (κ2) is 6.73. The highest BCUT2D eigenvalue weighted by atomic mass is 19.4. The summed E-state index contributed by atoms with van der Waals surface area (Å²) in [4.78, 5) is 32.0. The number of hydrogen-bond donors (Lipinski definition) is 0. The van der Waals surface area contributed by atoms with Crippen molar-refractivity contribution in [1.82, 2.24) is 19.0 Å². The number of benzene rings is 1. The van der Waals surface area contributed by atoms with Crippen molar-refractivity contribution in [2.24, 2.45) is 0 Å². The molecule has 0 spiro atoms. The Bertz CT molecular complexity index is 1480. The highest BCUT2D eigenvalue weighted by Gasteiger charge is 2.73. The van der Waals surface area contributed by atoms with Crippen LogP contribution in [0.3, 0.4) is 0 Å². The Balaban J connectivity index is 1.33. The number of fused-ring (bicyclic) bond motifs is 4. The molecule has 1 aromatic carbocycles. The normalized spacial score (nSPS) is 24.6. The van der Waals surface area contributed by atoms with Gasteiger partial charge >= 0.3 is 6.18 Å². The Morgan fingerprint density at radius 3 is 2.63 bits per heavy atom. The number of halogens is 4.